The topological polar surface area (TPSA) is 96.3 Å². The summed E-state index contributed by atoms with van der Waals surface area (Å²) in [7, 11) is 0. The number of aromatic hydroxyl groups is 1. The lowest BCUT2D eigenvalue weighted by Crippen LogP contribution is -2.30. The minimum absolute atomic E-state index is 0.0280. The lowest BCUT2D eigenvalue weighted by molar-refractivity contribution is -0.118. The van der Waals surface area contributed by atoms with Crippen LogP contribution in [0.25, 0.3) is 11.3 Å². The number of phenolic OH excluding ortho intramolecular Hbond substituents is 1. The third-order valence-electron chi connectivity index (χ3n) is 5.42. The van der Waals surface area contributed by atoms with Gasteiger partial charge in [-0.15, -0.1) is 0 Å². The fourth-order valence-electron chi connectivity index (χ4n) is 3.37. The van der Waals surface area contributed by atoms with Gasteiger partial charge in [0.05, 0.1) is 21.4 Å². The van der Waals surface area contributed by atoms with E-state index in [2.05, 4.69) is 15.7 Å². The first-order valence-electron chi connectivity index (χ1n) is 10.7. The fourth-order valence-corrected chi connectivity index (χ4v) is 3.70. The van der Waals surface area contributed by atoms with E-state index in [9.17, 15) is 14.7 Å². The molecule has 1 aliphatic rings. The van der Waals surface area contributed by atoms with E-state index in [0.29, 0.717) is 27.0 Å². The number of rotatable bonds is 6. The van der Waals surface area contributed by atoms with Crippen LogP contribution in [0.4, 0.5) is 10.5 Å². The fraction of sp³-hybridized carbons (Fsp3) is 0.292. The molecule has 0 saturated heterocycles. The molecular weight excluding hydrogens is 463 g/mol. The zero-order valence-electron chi connectivity index (χ0n) is 18.2. The number of hydrogen-bond acceptors (Lipinski definition) is 4. The van der Waals surface area contributed by atoms with Crippen LogP contribution in [0, 0.1) is 5.92 Å². The molecule has 2 amide bonds. The highest BCUT2D eigenvalue weighted by Gasteiger charge is 2.30. The summed E-state index contributed by atoms with van der Waals surface area (Å²) in [6.07, 6.45) is 1.97. The van der Waals surface area contributed by atoms with Crippen molar-refractivity contribution in [3.8, 4) is 17.0 Å². The average molecular weight is 487 g/mol. The molecule has 1 aromatic heterocycles. The van der Waals surface area contributed by atoms with Crippen LogP contribution >= 0.6 is 23.2 Å². The number of hydrogen-bond donors (Lipinski definition) is 3. The van der Waals surface area contributed by atoms with Gasteiger partial charge in [0.25, 0.3) is 0 Å². The van der Waals surface area contributed by atoms with Gasteiger partial charge in [0.1, 0.15) is 5.75 Å². The Morgan fingerprint density at radius 3 is 2.52 bits per heavy atom. The number of halogens is 2. The zero-order chi connectivity index (χ0) is 23.7. The molecule has 3 aromatic rings. The number of carbonyl (C=O) groups is 2. The quantitative estimate of drug-likeness (QED) is 0.410. The van der Waals surface area contributed by atoms with E-state index < -0.39 is 0 Å². The first kappa shape index (κ1) is 23.1. The summed E-state index contributed by atoms with van der Waals surface area (Å²) < 4.78 is 1.36. The maximum absolute atomic E-state index is 12.9. The molecular formula is C24H24Cl2N4O3. The number of anilines is 1. The summed E-state index contributed by atoms with van der Waals surface area (Å²) >= 11 is 12.0. The third kappa shape index (κ3) is 5.31. The molecule has 3 N–H and O–H groups in total. The Morgan fingerprint density at radius 2 is 1.88 bits per heavy atom. The molecule has 0 spiro atoms. The molecule has 2 aromatic carbocycles. The van der Waals surface area contributed by atoms with Crippen molar-refractivity contribution in [3.05, 3.63) is 63.8 Å². The number of aromatic nitrogens is 2. The second kappa shape index (κ2) is 9.45. The number of nitrogens with one attached hydrogen (secondary N) is 2. The second-order valence-corrected chi connectivity index (χ2v) is 9.24. The van der Waals surface area contributed by atoms with Crippen LogP contribution in [0.5, 0.6) is 5.75 Å². The van der Waals surface area contributed by atoms with Gasteiger partial charge >= 0.3 is 6.03 Å². The number of phenols is 1. The lowest BCUT2D eigenvalue weighted by Gasteiger charge is -2.10. The zero-order valence-corrected chi connectivity index (χ0v) is 19.7. The van der Waals surface area contributed by atoms with Crippen molar-refractivity contribution < 1.29 is 14.7 Å². The molecule has 1 heterocycles. The van der Waals surface area contributed by atoms with Gasteiger partial charge in [0.15, 0.2) is 0 Å². The van der Waals surface area contributed by atoms with Crippen LogP contribution in [-0.2, 0) is 11.3 Å². The highest BCUT2D eigenvalue weighted by molar-refractivity contribution is 6.42. The Bertz CT molecular complexity index is 1220. The summed E-state index contributed by atoms with van der Waals surface area (Å²) in [5.41, 5.74) is 3.08. The van der Waals surface area contributed by atoms with Gasteiger partial charge in [-0.3, -0.25) is 4.79 Å². The highest BCUT2D eigenvalue weighted by atomic mass is 35.5. The first-order valence-corrected chi connectivity index (χ1v) is 11.4. The summed E-state index contributed by atoms with van der Waals surface area (Å²) in [5.74, 6) is -0.0828. The van der Waals surface area contributed by atoms with Gasteiger partial charge in [-0.05, 0) is 48.7 Å². The minimum Gasteiger partial charge on any atom is -0.507 e. The first-order chi connectivity index (χ1) is 15.7. The molecule has 1 aliphatic carbocycles. The van der Waals surface area contributed by atoms with Crippen LogP contribution in [-0.4, -0.2) is 26.8 Å². The van der Waals surface area contributed by atoms with Crippen molar-refractivity contribution in [2.75, 3.05) is 5.32 Å². The Kier molecular flexibility index (Phi) is 6.63. The van der Waals surface area contributed by atoms with Crippen molar-refractivity contribution in [1.82, 2.24) is 15.1 Å². The molecule has 1 fully saturated rings. The van der Waals surface area contributed by atoms with Gasteiger partial charge in [-0.2, -0.15) is 9.78 Å². The van der Waals surface area contributed by atoms with E-state index in [4.69, 9.17) is 23.2 Å². The van der Waals surface area contributed by atoms with E-state index in [-0.39, 0.29) is 36.1 Å². The molecule has 172 valence electrons. The minimum atomic E-state index is -0.366. The summed E-state index contributed by atoms with van der Waals surface area (Å²) in [6, 6.07) is 11.5. The molecule has 9 heteroatoms. The van der Waals surface area contributed by atoms with Gasteiger partial charge in [-0.1, -0.05) is 43.1 Å². The summed E-state index contributed by atoms with van der Waals surface area (Å²) in [4.78, 5) is 24.8. The largest absolute Gasteiger partial charge is 0.507 e. The maximum Gasteiger partial charge on any atom is 0.342 e. The molecule has 0 aliphatic heterocycles. The monoisotopic (exact) mass is 486 g/mol. The van der Waals surface area contributed by atoms with Crippen LogP contribution in [0.1, 0.15) is 43.9 Å². The van der Waals surface area contributed by atoms with Crippen molar-refractivity contribution in [2.24, 2.45) is 5.92 Å². The molecule has 0 radical (unpaired) electrons. The van der Waals surface area contributed by atoms with Crippen molar-refractivity contribution in [1.29, 1.82) is 0 Å². The van der Waals surface area contributed by atoms with Gasteiger partial charge < -0.3 is 15.7 Å². The Morgan fingerprint density at radius 1 is 1.12 bits per heavy atom. The lowest BCUT2D eigenvalue weighted by atomic mass is 10.1. The molecule has 1 saturated carbocycles. The third-order valence-corrected chi connectivity index (χ3v) is 6.16. The van der Waals surface area contributed by atoms with Crippen molar-refractivity contribution in [3.63, 3.8) is 0 Å². The number of nitrogens with zero attached hydrogens (tertiary/aromatic N) is 2. The molecule has 0 unspecified atom stereocenters. The van der Waals surface area contributed by atoms with Crippen LogP contribution in [0.3, 0.4) is 0 Å². The highest BCUT2D eigenvalue weighted by Crippen LogP contribution is 2.42. The Labute approximate surface area is 201 Å². The summed E-state index contributed by atoms with van der Waals surface area (Å²) in [6.45, 7) is 3.86. The smallest absolute Gasteiger partial charge is 0.342 e. The molecule has 0 bridgehead atoms. The standard InChI is InChI=1S/C24H24Cl2N4O3/c1-13(2)23(32)28-16-6-7-17(22(31)10-16)20-11-21(15-4-5-15)30(29-20)24(33)27-12-14-3-8-18(25)19(26)9-14/h3,6-11,13,15,31H,4-5,12H2,1-2H3,(H,27,33)(H,28,32). The van der Waals surface area contributed by atoms with Gasteiger partial charge in [-0.25, -0.2) is 4.79 Å². The second-order valence-electron chi connectivity index (χ2n) is 8.42. The van der Waals surface area contributed by atoms with E-state index in [0.717, 1.165) is 24.1 Å². The predicted molar refractivity (Wildman–Crippen MR) is 129 cm³/mol. The van der Waals surface area contributed by atoms with Gasteiger partial charge in [0, 0.05) is 35.7 Å². The normalized spacial score (nSPS) is 13.2. The SMILES string of the molecule is CC(C)C(=O)Nc1ccc(-c2cc(C3CC3)n(C(=O)NCc3ccc(Cl)c(Cl)c3)n2)c(O)c1. The Balaban J connectivity index is 1.54. The molecule has 7 nitrogen and oxygen atoms in total. The van der Waals surface area contributed by atoms with E-state index in [1.807, 2.05) is 6.07 Å². The van der Waals surface area contributed by atoms with Crippen LogP contribution < -0.4 is 10.6 Å². The number of benzene rings is 2. The van der Waals surface area contributed by atoms with Crippen LogP contribution in [0.15, 0.2) is 42.5 Å². The molecule has 0 atom stereocenters. The number of carbonyl (C=O) groups excluding carboxylic acids is 2. The van der Waals surface area contributed by atoms with E-state index in [1.165, 1.54) is 10.7 Å². The van der Waals surface area contributed by atoms with Crippen molar-refractivity contribution in [2.45, 2.75) is 39.2 Å². The predicted octanol–water partition coefficient (Wildman–Crippen LogP) is 5.79. The maximum atomic E-state index is 12.9. The molecule has 33 heavy (non-hydrogen) atoms. The number of amides is 2. The Hall–Kier alpha value is -3.03. The van der Waals surface area contributed by atoms with E-state index >= 15 is 0 Å². The molecule has 4 rings (SSSR count). The summed E-state index contributed by atoms with van der Waals surface area (Å²) in [5, 5.41) is 21.5. The van der Waals surface area contributed by atoms with E-state index in [1.54, 1.807) is 44.2 Å². The average Bonchev–Trinajstić information content (AvgIpc) is 3.53. The van der Waals surface area contributed by atoms with Crippen LogP contribution in [0.2, 0.25) is 10.0 Å². The van der Waals surface area contributed by atoms with Gasteiger partial charge in [0.2, 0.25) is 5.91 Å². The van der Waals surface area contributed by atoms with Crippen molar-refractivity contribution >= 4 is 40.8 Å².